The molecule has 0 unspecified atom stereocenters. The highest BCUT2D eigenvalue weighted by Crippen LogP contribution is 2.44. The molecular formula is C18H35N3. The SMILES string of the molecule is CCC(C)(CC)N1CC2(CCN(CC3CCNCC3)C2)C1. The van der Waals surface area contributed by atoms with Gasteiger partial charge in [-0.05, 0) is 64.6 Å². The summed E-state index contributed by atoms with van der Waals surface area (Å²) in [6, 6.07) is 0. The number of hydrogen-bond acceptors (Lipinski definition) is 3. The Morgan fingerprint density at radius 1 is 1.10 bits per heavy atom. The molecular weight excluding hydrogens is 258 g/mol. The van der Waals surface area contributed by atoms with Crippen LogP contribution >= 0.6 is 0 Å². The first-order valence-electron chi connectivity index (χ1n) is 9.27. The number of rotatable bonds is 5. The van der Waals surface area contributed by atoms with E-state index < -0.39 is 0 Å². The maximum atomic E-state index is 3.49. The molecule has 0 amide bonds. The molecule has 1 N–H and O–H groups in total. The summed E-state index contributed by atoms with van der Waals surface area (Å²) in [6.45, 7) is 16.4. The van der Waals surface area contributed by atoms with Crippen molar-refractivity contribution in [1.29, 1.82) is 0 Å². The van der Waals surface area contributed by atoms with E-state index >= 15 is 0 Å². The predicted molar refractivity (Wildman–Crippen MR) is 89.6 cm³/mol. The second kappa shape index (κ2) is 6.17. The molecule has 3 fully saturated rings. The van der Waals surface area contributed by atoms with E-state index in [-0.39, 0.29) is 0 Å². The summed E-state index contributed by atoms with van der Waals surface area (Å²) in [5.41, 5.74) is 1.10. The van der Waals surface area contributed by atoms with Crippen LogP contribution in [0.2, 0.25) is 0 Å². The van der Waals surface area contributed by atoms with Gasteiger partial charge in [-0.3, -0.25) is 4.90 Å². The van der Waals surface area contributed by atoms with E-state index in [1.54, 1.807) is 0 Å². The Balaban J connectivity index is 1.47. The Morgan fingerprint density at radius 2 is 1.76 bits per heavy atom. The molecule has 3 heteroatoms. The van der Waals surface area contributed by atoms with Crippen LogP contribution in [0.25, 0.3) is 0 Å². The second-order valence-corrected chi connectivity index (χ2v) is 8.24. The van der Waals surface area contributed by atoms with Crippen molar-refractivity contribution < 1.29 is 0 Å². The van der Waals surface area contributed by atoms with E-state index in [0.717, 1.165) is 5.92 Å². The summed E-state index contributed by atoms with van der Waals surface area (Å²) in [5, 5.41) is 3.49. The van der Waals surface area contributed by atoms with E-state index in [1.165, 1.54) is 77.9 Å². The first kappa shape index (κ1) is 15.8. The normalized spacial score (nSPS) is 28.1. The smallest absolute Gasteiger partial charge is 0.0176 e. The van der Waals surface area contributed by atoms with Crippen LogP contribution in [0.5, 0.6) is 0 Å². The van der Waals surface area contributed by atoms with Crippen molar-refractivity contribution in [2.75, 3.05) is 45.8 Å². The van der Waals surface area contributed by atoms with E-state index in [0.29, 0.717) is 11.0 Å². The molecule has 0 aliphatic carbocycles. The molecule has 0 aromatic heterocycles. The van der Waals surface area contributed by atoms with Crippen LogP contribution in [0.15, 0.2) is 0 Å². The van der Waals surface area contributed by atoms with Crippen molar-refractivity contribution in [3.63, 3.8) is 0 Å². The first-order valence-corrected chi connectivity index (χ1v) is 9.27. The van der Waals surface area contributed by atoms with Gasteiger partial charge in [0.05, 0.1) is 0 Å². The Morgan fingerprint density at radius 3 is 2.38 bits per heavy atom. The van der Waals surface area contributed by atoms with Crippen LogP contribution < -0.4 is 5.32 Å². The van der Waals surface area contributed by atoms with Gasteiger partial charge in [0, 0.05) is 37.1 Å². The lowest BCUT2D eigenvalue weighted by atomic mass is 9.74. The molecule has 0 aromatic rings. The van der Waals surface area contributed by atoms with Crippen LogP contribution in [0.4, 0.5) is 0 Å². The lowest BCUT2D eigenvalue weighted by Gasteiger charge is -2.56. The van der Waals surface area contributed by atoms with Crippen molar-refractivity contribution in [3.05, 3.63) is 0 Å². The van der Waals surface area contributed by atoms with Crippen LogP contribution in [0.3, 0.4) is 0 Å². The summed E-state index contributed by atoms with van der Waals surface area (Å²) >= 11 is 0. The van der Waals surface area contributed by atoms with Gasteiger partial charge < -0.3 is 10.2 Å². The highest BCUT2D eigenvalue weighted by atomic mass is 15.3. The molecule has 122 valence electrons. The van der Waals surface area contributed by atoms with Gasteiger partial charge in [0.15, 0.2) is 0 Å². The van der Waals surface area contributed by atoms with Crippen molar-refractivity contribution in [2.24, 2.45) is 11.3 Å². The third-order valence-corrected chi connectivity index (χ3v) is 6.83. The molecule has 3 aliphatic rings. The second-order valence-electron chi connectivity index (χ2n) is 8.24. The zero-order valence-electron chi connectivity index (χ0n) is 14.5. The maximum absolute atomic E-state index is 3.49. The first-order chi connectivity index (χ1) is 10.1. The summed E-state index contributed by atoms with van der Waals surface area (Å²) in [6.07, 6.45) is 6.80. The zero-order valence-corrected chi connectivity index (χ0v) is 14.5. The van der Waals surface area contributed by atoms with Gasteiger partial charge in [-0.15, -0.1) is 0 Å². The van der Waals surface area contributed by atoms with Crippen LogP contribution in [-0.4, -0.2) is 61.2 Å². The predicted octanol–water partition coefficient (Wildman–Crippen LogP) is 2.57. The highest BCUT2D eigenvalue weighted by molar-refractivity contribution is 5.05. The number of hydrogen-bond donors (Lipinski definition) is 1. The number of likely N-dealkylation sites (tertiary alicyclic amines) is 2. The monoisotopic (exact) mass is 293 g/mol. The van der Waals surface area contributed by atoms with Crippen LogP contribution in [-0.2, 0) is 0 Å². The lowest BCUT2D eigenvalue weighted by molar-refractivity contribution is -0.0700. The molecule has 3 saturated heterocycles. The maximum Gasteiger partial charge on any atom is 0.0176 e. The van der Waals surface area contributed by atoms with Gasteiger partial charge in [-0.25, -0.2) is 0 Å². The van der Waals surface area contributed by atoms with Crippen molar-refractivity contribution in [2.45, 2.75) is 58.4 Å². The number of nitrogens with one attached hydrogen (secondary N) is 1. The van der Waals surface area contributed by atoms with Gasteiger partial charge in [0.1, 0.15) is 0 Å². The molecule has 3 rings (SSSR count). The number of nitrogens with zero attached hydrogens (tertiary/aromatic N) is 2. The molecule has 3 aliphatic heterocycles. The van der Waals surface area contributed by atoms with Gasteiger partial charge in [-0.2, -0.15) is 0 Å². The molecule has 0 atom stereocenters. The lowest BCUT2D eigenvalue weighted by Crippen LogP contribution is -2.65. The molecule has 1 spiro atoms. The van der Waals surface area contributed by atoms with Crippen molar-refractivity contribution >= 4 is 0 Å². The Kier molecular flexibility index (Phi) is 4.63. The third-order valence-electron chi connectivity index (χ3n) is 6.83. The minimum Gasteiger partial charge on any atom is -0.317 e. The van der Waals surface area contributed by atoms with Gasteiger partial charge >= 0.3 is 0 Å². The fraction of sp³-hybridized carbons (Fsp3) is 1.00. The molecule has 0 aromatic carbocycles. The van der Waals surface area contributed by atoms with E-state index in [9.17, 15) is 0 Å². The molecule has 21 heavy (non-hydrogen) atoms. The summed E-state index contributed by atoms with van der Waals surface area (Å²) < 4.78 is 0. The Labute approximate surface area is 131 Å². The molecule has 3 nitrogen and oxygen atoms in total. The van der Waals surface area contributed by atoms with Gasteiger partial charge in [0.2, 0.25) is 0 Å². The fourth-order valence-corrected chi connectivity index (χ4v) is 4.71. The van der Waals surface area contributed by atoms with E-state index in [1.807, 2.05) is 0 Å². The average Bonchev–Trinajstić information content (AvgIpc) is 2.90. The van der Waals surface area contributed by atoms with Gasteiger partial charge in [0.25, 0.3) is 0 Å². The minimum absolute atomic E-state index is 0.452. The largest absolute Gasteiger partial charge is 0.317 e. The quantitative estimate of drug-likeness (QED) is 0.840. The third kappa shape index (κ3) is 3.16. The molecule has 0 saturated carbocycles. The standard InChI is InChI=1S/C18H35N3/c1-4-17(3,5-2)21-14-18(15-21)8-11-20(13-18)12-16-6-9-19-10-7-16/h16,19H,4-15H2,1-3H3. The molecule has 0 bridgehead atoms. The topological polar surface area (TPSA) is 18.5 Å². The molecule has 3 heterocycles. The summed E-state index contributed by atoms with van der Waals surface area (Å²) in [4.78, 5) is 5.55. The number of piperidine rings is 1. The average molecular weight is 293 g/mol. The Hall–Kier alpha value is -0.120. The van der Waals surface area contributed by atoms with Crippen molar-refractivity contribution in [1.82, 2.24) is 15.1 Å². The fourth-order valence-electron chi connectivity index (χ4n) is 4.71. The molecule has 0 radical (unpaired) electrons. The summed E-state index contributed by atoms with van der Waals surface area (Å²) in [7, 11) is 0. The van der Waals surface area contributed by atoms with E-state index in [4.69, 9.17) is 0 Å². The van der Waals surface area contributed by atoms with Crippen LogP contribution in [0, 0.1) is 11.3 Å². The van der Waals surface area contributed by atoms with Crippen LogP contribution in [0.1, 0.15) is 52.9 Å². The summed E-state index contributed by atoms with van der Waals surface area (Å²) in [5.74, 6) is 0.953. The zero-order chi connectivity index (χ0) is 14.9. The highest BCUT2D eigenvalue weighted by Gasteiger charge is 2.51. The minimum atomic E-state index is 0.452. The van der Waals surface area contributed by atoms with Crippen molar-refractivity contribution in [3.8, 4) is 0 Å². The van der Waals surface area contributed by atoms with Gasteiger partial charge in [-0.1, -0.05) is 13.8 Å². The Bertz CT molecular complexity index is 338. The van der Waals surface area contributed by atoms with E-state index in [2.05, 4.69) is 35.9 Å².